The first-order chi connectivity index (χ1) is 8.97. The summed E-state index contributed by atoms with van der Waals surface area (Å²) in [5.74, 6) is 0.924. The zero-order valence-corrected chi connectivity index (χ0v) is 12.8. The van der Waals surface area contributed by atoms with Crippen LogP contribution in [-0.4, -0.2) is 35.3 Å². The number of hydrogen-bond acceptors (Lipinski definition) is 5. The van der Waals surface area contributed by atoms with Crippen LogP contribution in [-0.2, 0) is 4.74 Å². The lowest BCUT2D eigenvalue weighted by molar-refractivity contribution is 0.0641. The predicted octanol–water partition coefficient (Wildman–Crippen LogP) is 3.27. The molecule has 0 N–H and O–H groups in total. The molecule has 1 fully saturated rings. The summed E-state index contributed by atoms with van der Waals surface area (Å²) in [5.41, 5.74) is -0.0846. The lowest BCUT2D eigenvalue weighted by Crippen LogP contribution is -2.53. The number of aryl methyl sites for hydroxylation is 1. The normalized spacial score (nSPS) is 19.1. The van der Waals surface area contributed by atoms with E-state index < -0.39 is 0 Å². The quantitative estimate of drug-likeness (QED) is 0.757. The smallest absolute Gasteiger partial charge is 0.225 e. The maximum absolute atomic E-state index is 6.07. The van der Waals surface area contributed by atoms with Gasteiger partial charge in [-0.1, -0.05) is 0 Å². The van der Waals surface area contributed by atoms with Crippen molar-refractivity contribution in [1.82, 2.24) is 9.97 Å². The monoisotopic (exact) mass is 297 g/mol. The minimum Gasteiger partial charge on any atom is -0.377 e. The van der Waals surface area contributed by atoms with Gasteiger partial charge >= 0.3 is 0 Å². The van der Waals surface area contributed by atoms with Crippen LogP contribution in [0.4, 0.5) is 5.82 Å². The fourth-order valence-electron chi connectivity index (χ4n) is 2.46. The van der Waals surface area contributed by atoms with Gasteiger partial charge in [0.05, 0.1) is 24.1 Å². The van der Waals surface area contributed by atoms with Gasteiger partial charge in [-0.15, -0.1) is 11.3 Å². The van der Waals surface area contributed by atoms with E-state index in [0.717, 1.165) is 29.2 Å². The second-order valence-corrected chi connectivity index (χ2v) is 6.98. The topological polar surface area (TPSA) is 38.2 Å². The minimum atomic E-state index is -0.0846. The van der Waals surface area contributed by atoms with Crippen molar-refractivity contribution in [2.45, 2.75) is 26.3 Å². The largest absolute Gasteiger partial charge is 0.377 e. The third-order valence-corrected chi connectivity index (χ3v) is 4.48. The SMILES string of the molecule is Cc1cc2c(N3CCOCC3(C)C)nc(Cl)nc2s1. The molecule has 102 valence electrons. The molecule has 2 aromatic heterocycles. The molecule has 0 spiro atoms. The highest BCUT2D eigenvalue weighted by atomic mass is 35.5. The van der Waals surface area contributed by atoms with E-state index in [9.17, 15) is 0 Å². The van der Waals surface area contributed by atoms with Crippen LogP contribution in [0.25, 0.3) is 10.2 Å². The molecule has 0 radical (unpaired) electrons. The van der Waals surface area contributed by atoms with E-state index in [4.69, 9.17) is 16.3 Å². The van der Waals surface area contributed by atoms with Crippen molar-refractivity contribution in [2.24, 2.45) is 0 Å². The summed E-state index contributed by atoms with van der Waals surface area (Å²) < 4.78 is 5.57. The number of rotatable bonds is 1. The summed E-state index contributed by atoms with van der Waals surface area (Å²) in [5, 5.41) is 1.40. The Hall–Kier alpha value is -0.910. The Bertz CT molecular complexity index is 626. The molecule has 0 amide bonds. The third kappa shape index (κ3) is 2.30. The number of hydrogen-bond donors (Lipinski definition) is 0. The Morgan fingerprint density at radius 1 is 1.42 bits per heavy atom. The molecule has 0 unspecified atom stereocenters. The molecule has 1 saturated heterocycles. The number of halogens is 1. The van der Waals surface area contributed by atoms with Crippen LogP contribution >= 0.6 is 22.9 Å². The van der Waals surface area contributed by atoms with Crippen LogP contribution in [0.3, 0.4) is 0 Å². The molecule has 4 nitrogen and oxygen atoms in total. The maximum atomic E-state index is 6.07. The van der Waals surface area contributed by atoms with Crippen molar-refractivity contribution < 1.29 is 4.74 Å². The van der Waals surface area contributed by atoms with E-state index in [1.54, 1.807) is 11.3 Å². The lowest BCUT2D eigenvalue weighted by atomic mass is 10.0. The van der Waals surface area contributed by atoms with E-state index in [1.807, 2.05) is 0 Å². The fourth-order valence-corrected chi connectivity index (χ4v) is 3.55. The number of anilines is 1. The van der Waals surface area contributed by atoms with Crippen molar-refractivity contribution in [2.75, 3.05) is 24.7 Å². The molecule has 0 aliphatic carbocycles. The molecule has 1 aliphatic heterocycles. The summed E-state index contributed by atoms with van der Waals surface area (Å²) >= 11 is 7.72. The van der Waals surface area contributed by atoms with Gasteiger partial charge in [-0.2, -0.15) is 4.98 Å². The van der Waals surface area contributed by atoms with E-state index in [-0.39, 0.29) is 5.54 Å². The minimum absolute atomic E-state index is 0.0846. The fraction of sp³-hybridized carbons (Fsp3) is 0.538. The average Bonchev–Trinajstić information content (AvgIpc) is 2.68. The van der Waals surface area contributed by atoms with Crippen molar-refractivity contribution >= 4 is 39.0 Å². The molecule has 2 aromatic rings. The Labute approximate surface area is 121 Å². The number of nitrogens with zero attached hydrogens (tertiary/aromatic N) is 3. The first-order valence-electron chi connectivity index (χ1n) is 6.26. The van der Waals surface area contributed by atoms with Crippen molar-refractivity contribution in [3.05, 3.63) is 16.2 Å². The van der Waals surface area contributed by atoms with Gasteiger partial charge in [0.2, 0.25) is 5.28 Å². The first-order valence-corrected chi connectivity index (χ1v) is 7.46. The molecule has 0 aromatic carbocycles. The zero-order chi connectivity index (χ0) is 13.6. The molecule has 19 heavy (non-hydrogen) atoms. The predicted molar refractivity (Wildman–Crippen MR) is 79.4 cm³/mol. The van der Waals surface area contributed by atoms with Crippen LogP contribution in [0, 0.1) is 6.92 Å². The van der Waals surface area contributed by atoms with E-state index >= 15 is 0 Å². The molecule has 6 heteroatoms. The maximum Gasteiger partial charge on any atom is 0.225 e. The van der Waals surface area contributed by atoms with Crippen LogP contribution < -0.4 is 4.90 Å². The molecule has 3 rings (SSSR count). The Morgan fingerprint density at radius 2 is 2.21 bits per heavy atom. The van der Waals surface area contributed by atoms with Gasteiger partial charge in [0.1, 0.15) is 10.6 Å². The summed E-state index contributed by atoms with van der Waals surface area (Å²) in [7, 11) is 0. The Kier molecular flexibility index (Phi) is 3.15. The molecule has 0 atom stereocenters. The standard InChI is InChI=1S/C13H16ClN3OS/c1-8-6-9-10(15-12(14)16-11(9)19-8)17-4-5-18-7-13(17,2)3/h6H,4-5,7H2,1-3H3. The second kappa shape index (κ2) is 4.58. The highest BCUT2D eigenvalue weighted by Crippen LogP contribution is 2.35. The van der Waals surface area contributed by atoms with Crippen LogP contribution in [0.2, 0.25) is 5.28 Å². The Morgan fingerprint density at radius 3 is 2.95 bits per heavy atom. The van der Waals surface area contributed by atoms with Crippen LogP contribution in [0.5, 0.6) is 0 Å². The molecular weight excluding hydrogens is 282 g/mol. The van der Waals surface area contributed by atoms with Gasteiger partial charge in [0, 0.05) is 11.4 Å². The Balaban J connectivity index is 2.18. The summed E-state index contributed by atoms with van der Waals surface area (Å²) in [6.45, 7) is 8.63. The number of aromatic nitrogens is 2. The van der Waals surface area contributed by atoms with Crippen LogP contribution in [0.1, 0.15) is 18.7 Å². The van der Waals surface area contributed by atoms with Gasteiger partial charge in [-0.25, -0.2) is 4.98 Å². The van der Waals surface area contributed by atoms with Crippen molar-refractivity contribution in [3.63, 3.8) is 0 Å². The van der Waals surface area contributed by atoms with E-state index in [0.29, 0.717) is 11.9 Å². The van der Waals surface area contributed by atoms with Gasteiger partial charge in [0.15, 0.2) is 0 Å². The lowest BCUT2D eigenvalue weighted by Gasteiger charge is -2.43. The van der Waals surface area contributed by atoms with Crippen molar-refractivity contribution in [3.8, 4) is 0 Å². The van der Waals surface area contributed by atoms with E-state index in [1.165, 1.54) is 4.88 Å². The highest BCUT2D eigenvalue weighted by molar-refractivity contribution is 7.18. The number of thiophene rings is 1. The number of fused-ring (bicyclic) bond motifs is 1. The summed E-state index contributed by atoms with van der Waals surface area (Å²) in [6.07, 6.45) is 0. The summed E-state index contributed by atoms with van der Waals surface area (Å²) in [6, 6.07) is 2.14. The molecule has 1 aliphatic rings. The average molecular weight is 298 g/mol. The van der Waals surface area contributed by atoms with E-state index in [2.05, 4.69) is 41.7 Å². The molecule has 3 heterocycles. The first kappa shape index (κ1) is 13.1. The van der Waals surface area contributed by atoms with Gasteiger partial charge in [-0.05, 0) is 38.4 Å². The molecule has 0 saturated carbocycles. The van der Waals surface area contributed by atoms with Gasteiger partial charge in [0.25, 0.3) is 0 Å². The second-order valence-electron chi connectivity index (χ2n) is 5.41. The zero-order valence-electron chi connectivity index (χ0n) is 11.2. The highest BCUT2D eigenvalue weighted by Gasteiger charge is 2.33. The molecule has 0 bridgehead atoms. The number of ether oxygens (including phenoxy) is 1. The summed E-state index contributed by atoms with van der Waals surface area (Å²) in [4.78, 5) is 13.2. The third-order valence-electron chi connectivity index (χ3n) is 3.37. The van der Waals surface area contributed by atoms with Crippen molar-refractivity contribution in [1.29, 1.82) is 0 Å². The molecular formula is C13H16ClN3OS. The number of morpholine rings is 1. The van der Waals surface area contributed by atoms with Gasteiger partial charge < -0.3 is 9.64 Å². The van der Waals surface area contributed by atoms with Crippen LogP contribution in [0.15, 0.2) is 6.07 Å². The van der Waals surface area contributed by atoms with Gasteiger partial charge in [-0.3, -0.25) is 0 Å².